The van der Waals surface area contributed by atoms with E-state index in [0.717, 1.165) is 6.16 Å². The zero-order chi connectivity index (χ0) is 47.0. The van der Waals surface area contributed by atoms with Crippen LogP contribution in [0.5, 0.6) is 18.0 Å². The maximum atomic E-state index is 12.9. The van der Waals surface area contributed by atoms with Gasteiger partial charge < -0.3 is 44.5 Å². The number of esters is 3. The molecule has 0 aliphatic carbocycles. The normalized spacial score (nSPS) is 11.5. The number of carbonyl (C=O) groups excluding carboxylic acids is 4. The maximum Gasteiger partial charge on any atom is 0.333 e. The summed E-state index contributed by atoms with van der Waals surface area (Å²) in [5.41, 5.74) is 0. The number of ether oxygens (including phenoxy) is 3. The summed E-state index contributed by atoms with van der Waals surface area (Å²) in [6.45, 7) is 1.50. The number of aromatic nitrogens is 3. The van der Waals surface area contributed by atoms with E-state index in [1.807, 2.05) is 0 Å². The zero-order valence-corrected chi connectivity index (χ0v) is 38.6. The molecule has 63 heavy (non-hydrogen) atoms. The Kier molecular flexibility index (Phi) is 30.8. The lowest BCUT2D eigenvalue weighted by molar-refractivity contribution is -0.138. The van der Waals surface area contributed by atoms with Gasteiger partial charge >= 0.3 is 65.8 Å². The number of hydrogen-bond donors (Lipinski definition) is 5. The van der Waals surface area contributed by atoms with E-state index in [1.165, 1.54) is 6.92 Å². The highest BCUT2D eigenvalue weighted by Crippen LogP contribution is 2.41. The number of ketones is 1. The van der Waals surface area contributed by atoms with Gasteiger partial charge in [-0.15, -0.1) is 38.7 Å². The molecule has 0 saturated heterocycles. The molecule has 0 aliphatic rings. The van der Waals surface area contributed by atoms with Crippen LogP contribution in [-0.2, 0) is 43.2 Å². The highest BCUT2D eigenvalue weighted by atomic mass is 31.1. The number of carbonyl (C=O) groups is 9. The minimum atomic E-state index is -0.937. The molecular weight excluding hydrogens is 887 g/mol. The lowest BCUT2D eigenvalue weighted by Crippen LogP contribution is -2.17. The molecule has 5 N–H and O–H groups in total. The van der Waals surface area contributed by atoms with Crippen LogP contribution in [0.15, 0.2) is 0 Å². The first-order chi connectivity index (χ1) is 29.9. The van der Waals surface area contributed by atoms with E-state index >= 15 is 0 Å². The van der Waals surface area contributed by atoms with E-state index in [0.29, 0.717) is 114 Å². The summed E-state index contributed by atoms with van der Waals surface area (Å²) in [6, 6.07) is -1.83. The van der Waals surface area contributed by atoms with E-state index in [9.17, 15) is 43.2 Å². The number of hydrogen-bond acceptors (Lipinski definition) is 15. The highest BCUT2D eigenvalue weighted by Gasteiger charge is 2.20. The average Bonchev–Trinajstić information content (AvgIpc) is 3.16. The fourth-order valence-corrected chi connectivity index (χ4v) is 13.5. The SMILES string of the molecule is CC(=O)CCCP(CCCC(=O)O)CCCC(=O)Oc1nc(OC(=O)CCCP(CCCC(=O)O)CCCC(=O)O)nc(OC(=O)CCCP(CCCC(=O)O)CCCC(=O)O)n1. The van der Waals surface area contributed by atoms with E-state index < -0.39 is 89.6 Å². The molecule has 0 bridgehead atoms. The Morgan fingerprint density at radius 3 is 0.730 bits per heavy atom. The molecule has 0 fully saturated rings. The molecule has 0 amide bonds. The van der Waals surface area contributed by atoms with Gasteiger partial charge in [-0.2, -0.15) is 0 Å². The van der Waals surface area contributed by atoms with Crippen LogP contribution < -0.4 is 14.2 Å². The lowest BCUT2D eigenvalue weighted by Gasteiger charge is -2.17. The Morgan fingerprint density at radius 2 is 0.540 bits per heavy atom. The van der Waals surface area contributed by atoms with Gasteiger partial charge in [-0.3, -0.25) is 38.4 Å². The van der Waals surface area contributed by atoms with Crippen LogP contribution in [0.3, 0.4) is 0 Å². The Balaban J connectivity index is 3.07. The second kappa shape index (κ2) is 34.2. The Morgan fingerprint density at radius 1 is 0.349 bits per heavy atom. The second-order valence-corrected chi connectivity index (χ2v) is 22.8. The van der Waals surface area contributed by atoms with Gasteiger partial charge in [0.1, 0.15) is 5.78 Å². The lowest BCUT2D eigenvalue weighted by atomic mass is 10.3. The summed E-state index contributed by atoms with van der Waals surface area (Å²) >= 11 is 0. The number of carboxylic acids is 5. The first-order valence-corrected chi connectivity index (χ1v) is 26.7. The van der Waals surface area contributed by atoms with E-state index in [1.54, 1.807) is 0 Å². The van der Waals surface area contributed by atoms with Crippen molar-refractivity contribution < 1.29 is 82.9 Å². The summed E-state index contributed by atoms with van der Waals surface area (Å²) in [4.78, 5) is 117. The van der Waals surface area contributed by atoms with E-state index in [4.69, 9.17) is 39.7 Å². The molecule has 0 aromatic carbocycles. The maximum absolute atomic E-state index is 12.9. The minimum Gasteiger partial charge on any atom is -0.481 e. The van der Waals surface area contributed by atoms with Crippen LogP contribution >= 0.6 is 23.8 Å². The quantitative estimate of drug-likeness (QED) is 0.0369. The molecule has 1 aromatic rings. The van der Waals surface area contributed by atoms with Crippen molar-refractivity contribution in [3.8, 4) is 18.0 Å². The fourth-order valence-electron chi connectivity index (χ4n) is 6.08. The van der Waals surface area contributed by atoms with Gasteiger partial charge in [-0.25, -0.2) is 0 Å². The van der Waals surface area contributed by atoms with Gasteiger partial charge in [0.2, 0.25) is 0 Å². The van der Waals surface area contributed by atoms with Gasteiger partial charge in [0.15, 0.2) is 0 Å². The van der Waals surface area contributed by atoms with Crippen LogP contribution in [-0.4, -0.2) is 149 Å². The van der Waals surface area contributed by atoms with Crippen molar-refractivity contribution in [1.29, 1.82) is 0 Å². The Labute approximate surface area is 370 Å². The first-order valence-electron chi connectivity index (χ1n) is 21.0. The Bertz CT molecular complexity index is 1390. The summed E-state index contributed by atoms with van der Waals surface area (Å²) in [5, 5.41) is 45.1. The van der Waals surface area contributed by atoms with Crippen molar-refractivity contribution in [1.82, 2.24) is 15.0 Å². The van der Waals surface area contributed by atoms with Crippen LogP contribution in [0.1, 0.15) is 122 Å². The molecule has 23 heteroatoms. The largest absolute Gasteiger partial charge is 0.481 e. The second-order valence-electron chi connectivity index (χ2n) is 14.7. The minimum absolute atomic E-state index is 0.0157. The molecular formula is C40H62N3O17P3. The molecule has 20 nitrogen and oxygen atoms in total. The van der Waals surface area contributed by atoms with Gasteiger partial charge in [-0.05, 0) is 120 Å². The van der Waals surface area contributed by atoms with Crippen molar-refractivity contribution in [3.05, 3.63) is 0 Å². The molecule has 1 rings (SSSR count). The molecule has 1 unspecified atom stereocenters. The number of nitrogens with zero attached hydrogens (tertiary/aromatic N) is 3. The predicted octanol–water partition coefficient (Wildman–Crippen LogP) is 6.07. The summed E-state index contributed by atoms with van der Waals surface area (Å²) in [7, 11) is -2.17. The van der Waals surface area contributed by atoms with Gasteiger partial charge in [0.25, 0.3) is 0 Å². The van der Waals surface area contributed by atoms with Crippen LogP contribution in [0, 0.1) is 0 Å². The van der Waals surface area contributed by atoms with Crippen molar-refractivity contribution in [2.45, 2.75) is 122 Å². The van der Waals surface area contributed by atoms with Crippen molar-refractivity contribution in [2.24, 2.45) is 0 Å². The third-order valence-corrected chi connectivity index (χ3v) is 17.6. The summed E-state index contributed by atoms with van der Waals surface area (Å²) in [5.74, 6) is -6.90. The number of rotatable bonds is 39. The third-order valence-electron chi connectivity index (χ3n) is 9.08. The first kappa shape index (κ1) is 56.7. The monoisotopic (exact) mass is 949 g/mol. The molecule has 0 spiro atoms. The van der Waals surface area contributed by atoms with Gasteiger partial charge in [0, 0.05) is 57.8 Å². The number of Topliss-reactive ketones (excluding diaryl/α,β-unsaturated/α-hetero) is 1. The van der Waals surface area contributed by atoms with Crippen LogP contribution in [0.4, 0.5) is 0 Å². The van der Waals surface area contributed by atoms with Crippen LogP contribution in [0.2, 0.25) is 0 Å². The van der Waals surface area contributed by atoms with Gasteiger partial charge in [0.05, 0.1) is 0 Å². The van der Waals surface area contributed by atoms with E-state index in [2.05, 4.69) is 15.0 Å². The molecule has 1 heterocycles. The number of aliphatic carboxylic acids is 5. The topological polar surface area (TPSA) is 321 Å². The van der Waals surface area contributed by atoms with Crippen molar-refractivity contribution >= 4 is 77.3 Å². The van der Waals surface area contributed by atoms with Gasteiger partial charge in [-0.1, -0.05) is 0 Å². The standard InChI is InChI=1S/C40H62N3O17P3/c1-29(44)11-2-20-61(21-3-12-30(45)46)26-8-17-35(55)58-38-41-39(59-36(56)18-9-27-62(22-4-13-31(47)48)23-5-14-32(49)50)43-40(42-38)60-37(57)19-10-28-63(24-6-15-33(51)52)25-7-16-34(53)54/h2-28H2,1H3,(H,45,46)(H,47,48)(H,49,50)(H,51,52)(H,53,54). The zero-order valence-electron chi connectivity index (χ0n) is 35.9. The predicted molar refractivity (Wildman–Crippen MR) is 233 cm³/mol. The Hall–Kier alpha value is -4.27. The third kappa shape index (κ3) is 33.0. The molecule has 0 aliphatic heterocycles. The smallest absolute Gasteiger partial charge is 0.333 e. The molecule has 1 aromatic heterocycles. The average molecular weight is 950 g/mol. The summed E-state index contributed by atoms with van der Waals surface area (Å²) < 4.78 is 16.0. The molecule has 354 valence electrons. The molecule has 0 radical (unpaired) electrons. The molecule has 0 saturated carbocycles. The highest BCUT2D eigenvalue weighted by molar-refractivity contribution is 7.58. The van der Waals surface area contributed by atoms with Crippen molar-refractivity contribution in [3.63, 3.8) is 0 Å². The summed E-state index contributed by atoms with van der Waals surface area (Å²) in [6.07, 6.45) is 9.38. The fraction of sp³-hybridized carbons (Fsp3) is 0.700. The van der Waals surface area contributed by atoms with E-state index in [-0.39, 0.29) is 57.1 Å². The molecule has 1 atom stereocenters. The van der Waals surface area contributed by atoms with Crippen LogP contribution in [0.25, 0.3) is 0 Å². The van der Waals surface area contributed by atoms with Crippen molar-refractivity contribution in [2.75, 3.05) is 55.5 Å². The number of carboxylic acid groups (broad SMARTS) is 5.